The van der Waals surface area contributed by atoms with Crippen LogP contribution in [0.3, 0.4) is 0 Å². The van der Waals surface area contributed by atoms with Crippen LogP contribution in [0.1, 0.15) is 36.6 Å². The fourth-order valence-corrected chi connectivity index (χ4v) is 2.15. The Hall–Kier alpha value is -1.87. The van der Waals surface area contributed by atoms with Crippen molar-refractivity contribution in [2.75, 3.05) is 5.73 Å². The van der Waals surface area contributed by atoms with Crippen LogP contribution >= 0.6 is 0 Å². The maximum Gasteiger partial charge on any atom is 0.129 e. The number of benzene rings is 1. The first-order chi connectivity index (χ1) is 9.08. The van der Waals surface area contributed by atoms with Crippen LogP contribution in [0.4, 0.5) is 5.82 Å². The first-order valence-electron chi connectivity index (χ1n) is 6.55. The Morgan fingerprint density at radius 1 is 1.16 bits per heavy atom. The summed E-state index contributed by atoms with van der Waals surface area (Å²) < 4.78 is 0. The van der Waals surface area contributed by atoms with Crippen LogP contribution in [0, 0.1) is 5.92 Å². The molecule has 0 aliphatic heterocycles. The molecule has 3 N–H and O–H groups in total. The molecule has 0 aliphatic rings. The predicted molar refractivity (Wildman–Crippen MR) is 77.7 cm³/mol. The third-order valence-electron chi connectivity index (χ3n) is 3.11. The summed E-state index contributed by atoms with van der Waals surface area (Å²) in [6.07, 6.45) is 1.95. The van der Waals surface area contributed by atoms with Crippen molar-refractivity contribution in [3.8, 4) is 0 Å². The number of rotatable bonds is 4. The van der Waals surface area contributed by atoms with Crippen molar-refractivity contribution in [1.82, 2.24) is 4.98 Å². The lowest BCUT2D eigenvalue weighted by Crippen LogP contribution is -2.05. The number of hydrogen-bond acceptors (Lipinski definition) is 3. The number of nitrogen functional groups attached to an aromatic ring is 1. The van der Waals surface area contributed by atoms with E-state index in [0.717, 1.165) is 12.0 Å². The van der Waals surface area contributed by atoms with Gasteiger partial charge in [0.05, 0.1) is 0 Å². The van der Waals surface area contributed by atoms with Gasteiger partial charge in [-0.1, -0.05) is 44.2 Å². The van der Waals surface area contributed by atoms with Crippen LogP contribution in [0.2, 0.25) is 0 Å². The first-order valence-corrected chi connectivity index (χ1v) is 6.55. The van der Waals surface area contributed by atoms with Crippen molar-refractivity contribution < 1.29 is 5.11 Å². The maximum atomic E-state index is 10.3. The lowest BCUT2D eigenvalue weighted by atomic mass is 9.98. The smallest absolute Gasteiger partial charge is 0.129 e. The third kappa shape index (κ3) is 3.32. The SMILES string of the molecule is CC(C)Cc1ccc(C(O)c2cccnc2N)cc1. The number of aromatic nitrogens is 1. The Morgan fingerprint density at radius 3 is 2.42 bits per heavy atom. The Balaban J connectivity index is 2.20. The van der Waals surface area contributed by atoms with Crippen LogP contribution < -0.4 is 5.73 Å². The van der Waals surface area contributed by atoms with E-state index in [2.05, 4.69) is 31.0 Å². The summed E-state index contributed by atoms with van der Waals surface area (Å²) in [5.41, 5.74) is 8.56. The average Bonchev–Trinajstić information content (AvgIpc) is 2.39. The highest BCUT2D eigenvalue weighted by Gasteiger charge is 2.13. The third-order valence-corrected chi connectivity index (χ3v) is 3.11. The fourth-order valence-electron chi connectivity index (χ4n) is 2.15. The zero-order valence-electron chi connectivity index (χ0n) is 11.4. The molecular weight excluding hydrogens is 236 g/mol. The van der Waals surface area contributed by atoms with E-state index in [1.807, 2.05) is 12.1 Å². The van der Waals surface area contributed by atoms with E-state index < -0.39 is 6.10 Å². The molecule has 0 aliphatic carbocycles. The molecule has 1 unspecified atom stereocenters. The lowest BCUT2D eigenvalue weighted by molar-refractivity contribution is 0.220. The molecule has 2 rings (SSSR count). The van der Waals surface area contributed by atoms with E-state index in [9.17, 15) is 5.11 Å². The van der Waals surface area contributed by atoms with Gasteiger partial charge in [0, 0.05) is 11.8 Å². The van der Waals surface area contributed by atoms with Gasteiger partial charge >= 0.3 is 0 Å². The Morgan fingerprint density at radius 2 is 1.84 bits per heavy atom. The van der Waals surface area contributed by atoms with Crippen molar-refractivity contribution in [3.05, 3.63) is 59.3 Å². The van der Waals surface area contributed by atoms with Gasteiger partial charge in [0.2, 0.25) is 0 Å². The normalized spacial score (nSPS) is 12.6. The van der Waals surface area contributed by atoms with E-state index in [4.69, 9.17) is 5.73 Å². The minimum Gasteiger partial charge on any atom is -0.384 e. The minimum atomic E-state index is -0.721. The van der Waals surface area contributed by atoms with Crippen molar-refractivity contribution in [2.24, 2.45) is 5.92 Å². The second kappa shape index (κ2) is 5.85. The summed E-state index contributed by atoms with van der Waals surface area (Å²) in [6.45, 7) is 4.39. The standard InChI is InChI=1S/C16H20N2O/c1-11(2)10-12-5-7-13(8-6-12)15(19)14-4-3-9-18-16(14)17/h3-9,11,15,19H,10H2,1-2H3,(H2,17,18). The number of hydrogen-bond donors (Lipinski definition) is 2. The van der Waals surface area contributed by atoms with Gasteiger partial charge in [-0.2, -0.15) is 0 Å². The highest BCUT2D eigenvalue weighted by Crippen LogP contribution is 2.25. The molecule has 100 valence electrons. The van der Waals surface area contributed by atoms with Gasteiger partial charge in [-0.05, 0) is 29.5 Å². The van der Waals surface area contributed by atoms with Crippen molar-refractivity contribution in [2.45, 2.75) is 26.4 Å². The van der Waals surface area contributed by atoms with E-state index in [1.165, 1.54) is 5.56 Å². The van der Waals surface area contributed by atoms with Crippen molar-refractivity contribution in [1.29, 1.82) is 0 Å². The van der Waals surface area contributed by atoms with Crippen LogP contribution in [0.5, 0.6) is 0 Å². The number of anilines is 1. The molecule has 0 saturated heterocycles. The first kappa shape index (κ1) is 13.6. The second-order valence-corrected chi connectivity index (χ2v) is 5.22. The van der Waals surface area contributed by atoms with Gasteiger partial charge in [0.15, 0.2) is 0 Å². The predicted octanol–water partition coefficient (Wildman–Crippen LogP) is 2.94. The molecule has 3 heteroatoms. The molecule has 19 heavy (non-hydrogen) atoms. The van der Waals surface area contributed by atoms with Crippen LogP contribution in [-0.2, 0) is 6.42 Å². The molecule has 0 saturated carbocycles. The molecule has 1 atom stereocenters. The van der Waals surface area contributed by atoms with Gasteiger partial charge in [-0.15, -0.1) is 0 Å². The molecule has 0 radical (unpaired) electrons. The van der Waals surface area contributed by atoms with Gasteiger partial charge in [-0.25, -0.2) is 4.98 Å². The summed E-state index contributed by atoms with van der Waals surface area (Å²) in [4.78, 5) is 4.00. The summed E-state index contributed by atoms with van der Waals surface area (Å²) in [7, 11) is 0. The lowest BCUT2D eigenvalue weighted by Gasteiger charge is -2.14. The van der Waals surface area contributed by atoms with E-state index in [1.54, 1.807) is 18.3 Å². The largest absolute Gasteiger partial charge is 0.384 e. The summed E-state index contributed by atoms with van der Waals surface area (Å²) in [6, 6.07) is 11.6. The topological polar surface area (TPSA) is 59.1 Å². The fraction of sp³-hybridized carbons (Fsp3) is 0.312. The number of aliphatic hydroxyl groups excluding tert-OH is 1. The maximum absolute atomic E-state index is 10.3. The number of pyridine rings is 1. The molecule has 0 amide bonds. The molecule has 3 nitrogen and oxygen atoms in total. The van der Waals surface area contributed by atoms with Gasteiger partial charge in [0.1, 0.15) is 11.9 Å². The summed E-state index contributed by atoms with van der Waals surface area (Å²) in [5, 5.41) is 10.3. The molecule has 1 aromatic heterocycles. The van der Waals surface area contributed by atoms with Crippen LogP contribution in [0.25, 0.3) is 0 Å². The minimum absolute atomic E-state index is 0.376. The monoisotopic (exact) mass is 256 g/mol. The Kier molecular flexibility index (Phi) is 4.17. The average molecular weight is 256 g/mol. The van der Waals surface area contributed by atoms with Gasteiger partial charge < -0.3 is 10.8 Å². The number of nitrogens with two attached hydrogens (primary N) is 1. The Labute approximate surface area is 114 Å². The van der Waals surface area contributed by atoms with Gasteiger partial charge in [-0.3, -0.25) is 0 Å². The quantitative estimate of drug-likeness (QED) is 0.884. The van der Waals surface area contributed by atoms with Crippen LogP contribution in [-0.4, -0.2) is 10.1 Å². The molecule has 0 spiro atoms. The van der Waals surface area contributed by atoms with E-state index in [-0.39, 0.29) is 0 Å². The highest BCUT2D eigenvalue weighted by atomic mass is 16.3. The Bertz CT molecular complexity index is 535. The second-order valence-electron chi connectivity index (χ2n) is 5.22. The highest BCUT2D eigenvalue weighted by molar-refractivity contribution is 5.44. The van der Waals surface area contributed by atoms with Crippen molar-refractivity contribution in [3.63, 3.8) is 0 Å². The molecule has 1 aromatic carbocycles. The zero-order chi connectivity index (χ0) is 13.8. The zero-order valence-corrected chi connectivity index (χ0v) is 11.4. The summed E-state index contributed by atoms with van der Waals surface area (Å²) >= 11 is 0. The molecule has 1 heterocycles. The van der Waals surface area contributed by atoms with Crippen LogP contribution in [0.15, 0.2) is 42.6 Å². The summed E-state index contributed by atoms with van der Waals surface area (Å²) in [5.74, 6) is 1.01. The number of nitrogens with zero attached hydrogens (tertiary/aromatic N) is 1. The van der Waals surface area contributed by atoms with Crippen molar-refractivity contribution >= 4 is 5.82 Å². The molecule has 2 aromatic rings. The molecule has 0 fully saturated rings. The van der Waals surface area contributed by atoms with E-state index in [0.29, 0.717) is 17.3 Å². The van der Waals surface area contributed by atoms with E-state index >= 15 is 0 Å². The molecular formula is C16H20N2O. The van der Waals surface area contributed by atoms with Gasteiger partial charge in [0.25, 0.3) is 0 Å². The number of aliphatic hydroxyl groups is 1. The molecule has 0 bridgehead atoms.